The summed E-state index contributed by atoms with van der Waals surface area (Å²) < 4.78 is 0. The van der Waals surface area contributed by atoms with Crippen LogP contribution in [0.15, 0.2) is 117 Å². The number of ketones is 2. The van der Waals surface area contributed by atoms with Crippen LogP contribution in [0.5, 0.6) is 0 Å². The van der Waals surface area contributed by atoms with Crippen LogP contribution in [0, 0.1) is 0 Å². The summed E-state index contributed by atoms with van der Waals surface area (Å²) in [5.74, 6) is -0.0187. The monoisotopic (exact) mass is 648 g/mol. The van der Waals surface area contributed by atoms with E-state index < -0.39 is 0 Å². The minimum atomic E-state index is -0.0186. The lowest BCUT2D eigenvalue weighted by atomic mass is 9.81. The minimum absolute atomic E-state index is 0.000133. The third-order valence-corrected chi connectivity index (χ3v) is 9.47. The molecular weight excluding hydrogens is 585 g/mol. The van der Waals surface area contributed by atoms with Crippen LogP contribution in [-0.2, 0) is 0 Å². The van der Waals surface area contributed by atoms with Gasteiger partial charge in [-0.3, -0.25) is 9.59 Å². The second kappa shape index (κ2) is 22.2. The normalized spacial score (nSPS) is 15.4. The van der Waals surface area contributed by atoms with E-state index in [1.54, 1.807) is 19.1 Å². The highest BCUT2D eigenvalue weighted by molar-refractivity contribution is 6.26. The maximum absolute atomic E-state index is 13.2. The largest absolute Gasteiger partial charge is 0.289 e. The first-order valence-electron chi connectivity index (χ1n) is 18.4. The Morgan fingerprint density at radius 2 is 0.875 bits per heavy atom. The Balaban J connectivity index is 1.68. The summed E-state index contributed by atoms with van der Waals surface area (Å²) >= 11 is 0. The Morgan fingerprint density at radius 3 is 1.25 bits per heavy atom. The molecule has 0 amide bonds. The van der Waals surface area contributed by atoms with Crippen molar-refractivity contribution >= 4 is 11.6 Å². The number of hydrogen-bond donors (Lipinski definition) is 0. The first-order chi connectivity index (χ1) is 22.9. The fourth-order valence-corrected chi connectivity index (χ4v) is 6.11. The van der Waals surface area contributed by atoms with Crippen molar-refractivity contribution < 1.29 is 9.59 Å². The minimum Gasteiger partial charge on any atom is -0.289 e. The van der Waals surface area contributed by atoms with Crippen molar-refractivity contribution in [3.8, 4) is 0 Å². The number of Topliss-reactive ketones (excluding diaryl/α,β-unsaturated/α-hetero) is 2. The molecule has 0 radical (unpaired) electrons. The van der Waals surface area contributed by atoms with Crippen LogP contribution in [0.1, 0.15) is 167 Å². The molecule has 0 aromatic heterocycles. The molecule has 0 heterocycles. The molecule has 48 heavy (non-hydrogen) atoms. The molecule has 0 fully saturated rings. The molecule has 0 saturated heterocycles. The van der Waals surface area contributed by atoms with Gasteiger partial charge in [0, 0.05) is 22.3 Å². The number of rotatable bonds is 20. The van der Waals surface area contributed by atoms with Crippen molar-refractivity contribution in [2.24, 2.45) is 0 Å². The smallest absolute Gasteiger partial charge is 0.190 e. The average molecular weight is 649 g/mol. The molecular formula is C46H64O2. The number of allylic oxidation sites excluding steroid dienone is 16. The Hall–Kier alpha value is -3.52. The highest BCUT2D eigenvalue weighted by Gasteiger charge is 2.29. The molecule has 1 aromatic carbocycles. The van der Waals surface area contributed by atoms with Crippen LogP contribution in [0.2, 0.25) is 0 Å². The van der Waals surface area contributed by atoms with Crippen LogP contribution < -0.4 is 0 Å². The van der Waals surface area contributed by atoms with Gasteiger partial charge in [-0.2, -0.15) is 0 Å². The fraction of sp³-hybridized carbons (Fsp3) is 0.478. The van der Waals surface area contributed by atoms with Gasteiger partial charge in [0.2, 0.25) is 0 Å². The summed E-state index contributed by atoms with van der Waals surface area (Å²) in [6.45, 7) is 19.5. The lowest BCUT2D eigenvalue weighted by Gasteiger charge is -2.20. The van der Waals surface area contributed by atoms with E-state index in [1.165, 1.54) is 45.4 Å². The maximum atomic E-state index is 13.2. The molecule has 1 aromatic rings. The van der Waals surface area contributed by atoms with Crippen LogP contribution in [0.4, 0.5) is 0 Å². The second-order valence-electron chi connectivity index (χ2n) is 14.2. The van der Waals surface area contributed by atoms with E-state index in [-0.39, 0.29) is 11.6 Å². The standard InChI is InChI=1S/C46H64O2/c1-10-41(33-44-40(9)45(47)42-31-11-12-32-43(42)46(44)48)30-18-29-39(8)28-17-27-38(7)26-16-25-37(6)24-15-23-36(5)22-14-21-35(4)20-13-19-34(2)3/h10-12,19,21,23,25,27,29,31-32H,13-18,20,22,24,26,28,30,33H2,1-9H3/b35-21+,36-23+,37-25+,38-27+,39-29+,41-10+. The molecule has 2 nitrogen and oxygen atoms in total. The van der Waals surface area contributed by atoms with Crippen molar-refractivity contribution in [2.75, 3.05) is 0 Å². The lowest BCUT2D eigenvalue weighted by molar-refractivity contribution is 0.0973. The predicted octanol–water partition coefficient (Wildman–Crippen LogP) is 14.1. The summed E-state index contributed by atoms with van der Waals surface area (Å²) in [5, 5.41) is 0. The van der Waals surface area contributed by atoms with E-state index in [4.69, 9.17) is 0 Å². The lowest BCUT2D eigenvalue weighted by Crippen LogP contribution is -2.21. The molecule has 0 bridgehead atoms. The Kier molecular flexibility index (Phi) is 18.8. The van der Waals surface area contributed by atoms with E-state index in [0.29, 0.717) is 28.7 Å². The zero-order chi connectivity index (χ0) is 35.5. The maximum Gasteiger partial charge on any atom is 0.190 e. The van der Waals surface area contributed by atoms with E-state index in [0.717, 1.165) is 70.6 Å². The SMILES string of the molecule is C/C=C(\CC/C=C(\C)CC/C=C(\C)CC/C=C(\C)CC/C=C(\C)CC/C=C(\C)CCC=C(C)C)CC1=C(C)C(=O)c2ccccc2C1=O. The van der Waals surface area contributed by atoms with Gasteiger partial charge in [-0.25, -0.2) is 0 Å². The van der Waals surface area contributed by atoms with Crippen molar-refractivity contribution in [3.05, 3.63) is 128 Å². The third-order valence-electron chi connectivity index (χ3n) is 9.47. The molecule has 0 aliphatic heterocycles. The molecule has 1 aliphatic carbocycles. The van der Waals surface area contributed by atoms with Crippen molar-refractivity contribution in [1.29, 1.82) is 0 Å². The molecule has 2 heteroatoms. The summed E-state index contributed by atoms with van der Waals surface area (Å²) in [5.41, 5.74) is 12.3. The molecule has 0 atom stereocenters. The Labute approximate surface area is 294 Å². The Bertz CT molecular complexity index is 1490. The third kappa shape index (κ3) is 15.1. The highest BCUT2D eigenvalue weighted by Crippen LogP contribution is 2.31. The Morgan fingerprint density at radius 1 is 0.521 bits per heavy atom. The number of carbonyl (C=O) groups excluding carboxylic acids is 2. The van der Waals surface area contributed by atoms with Crippen molar-refractivity contribution in [1.82, 2.24) is 0 Å². The average Bonchev–Trinajstić information content (AvgIpc) is 3.04. The quantitative estimate of drug-likeness (QED) is 0.132. The molecule has 2 rings (SSSR count). The van der Waals surface area contributed by atoms with Crippen LogP contribution >= 0.6 is 0 Å². The van der Waals surface area contributed by atoms with Gasteiger partial charge < -0.3 is 0 Å². The topological polar surface area (TPSA) is 34.1 Å². The van der Waals surface area contributed by atoms with Crippen molar-refractivity contribution in [3.63, 3.8) is 0 Å². The first kappa shape index (κ1) is 40.7. The van der Waals surface area contributed by atoms with Crippen molar-refractivity contribution in [2.45, 2.75) is 146 Å². The zero-order valence-electron chi connectivity index (χ0n) is 31.9. The summed E-state index contributed by atoms with van der Waals surface area (Å²) in [7, 11) is 0. The number of carbonyl (C=O) groups is 2. The van der Waals surface area contributed by atoms with Gasteiger partial charge in [0.25, 0.3) is 0 Å². The predicted molar refractivity (Wildman–Crippen MR) is 210 cm³/mol. The summed E-state index contributed by atoms with van der Waals surface area (Å²) in [6.07, 6.45) is 30.2. The number of benzene rings is 1. The second-order valence-corrected chi connectivity index (χ2v) is 14.2. The van der Waals surface area contributed by atoms with Gasteiger partial charge in [0.05, 0.1) is 0 Å². The summed E-state index contributed by atoms with van der Waals surface area (Å²) in [6, 6.07) is 7.18. The molecule has 260 valence electrons. The first-order valence-corrected chi connectivity index (χ1v) is 18.4. The van der Waals surface area contributed by atoms with E-state index >= 15 is 0 Å². The van der Waals surface area contributed by atoms with E-state index in [1.807, 2.05) is 19.1 Å². The van der Waals surface area contributed by atoms with E-state index in [2.05, 4.69) is 91.0 Å². The molecule has 1 aliphatic rings. The highest BCUT2D eigenvalue weighted by atomic mass is 16.1. The molecule has 0 spiro atoms. The van der Waals surface area contributed by atoms with Gasteiger partial charge in [-0.05, 0) is 146 Å². The van der Waals surface area contributed by atoms with Gasteiger partial charge >= 0.3 is 0 Å². The van der Waals surface area contributed by atoms with Gasteiger partial charge in [0.15, 0.2) is 11.6 Å². The number of fused-ring (bicyclic) bond motifs is 1. The van der Waals surface area contributed by atoms with Gasteiger partial charge in [0.1, 0.15) is 0 Å². The molecule has 0 saturated carbocycles. The molecule has 0 unspecified atom stereocenters. The van der Waals surface area contributed by atoms with Gasteiger partial charge in [-0.15, -0.1) is 0 Å². The number of hydrogen-bond acceptors (Lipinski definition) is 2. The summed E-state index contributed by atoms with van der Waals surface area (Å²) in [4.78, 5) is 26.0. The zero-order valence-corrected chi connectivity index (χ0v) is 31.9. The molecule has 0 N–H and O–H groups in total. The van der Waals surface area contributed by atoms with Gasteiger partial charge in [-0.1, -0.05) is 106 Å². The van der Waals surface area contributed by atoms with Crippen LogP contribution in [0.3, 0.4) is 0 Å². The van der Waals surface area contributed by atoms with E-state index in [9.17, 15) is 9.59 Å². The fourth-order valence-electron chi connectivity index (χ4n) is 6.11. The van der Waals surface area contributed by atoms with Crippen LogP contribution in [-0.4, -0.2) is 11.6 Å². The van der Waals surface area contributed by atoms with Crippen LogP contribution in [0.25, 0.3) is 0 Å².